The summed E-state index contributed by atoms with van der Waals surface area (Å²) in [7, 11) is 0. The molecule has 0 bridgehead atoms. The zero-order valence-corrected chi connectivity index (χ0v) is 18.5. The summed E-state index contributed by atoms with van der Waals surface area (Å²) < 4.78 is 2.14. The maximum absolute atomic E-state index is 10.8. The topological polar surface area (TPSA) is 40.9 Å². The van der Waals surface area contributed by atoms with Gasteiger partial charge in [-0.25, -0.2) is 4.98 Å². The van der Waals surface area contributed by atoms with Gasteiger partial charge in [-0.1, -0.05) is 97.1 Å². The molecule has 0 amide bonds. The minimum atomic E-state index is -0.569. The van der Waals surface area contributed by atoms with E-state index in [2.05, 4.69) is 82.3 Å². The van der Waals surface area contributed by atoms with Crippen LogP contribution in [0.5, 0.6) is 0 Å². The molecule has 138 valence electrons. The molecular weight excluding hydrogens is 367 g/mol. The van der Waals surface area contributed by atoms with Crippen LogP contribution in [0.15, 0.2) is 110 Å². The molecule has 0 aliphatic heterocycles. The molecule has 3 nitrogen and oxygen atoms in total. The molecule has 4 heteroatoms. The smallest absolute Gasteiger partial charge is 0.851 e. The van der Waals surface area contributed by atoms with Crippen molar-refractivity contribution in [1.82, 2.24) is 9.55 Å². The molecule has 0 fully saturated rings. The quantitative estimate of drug-likeness (QED) is 0.367. The van der Waals surface area contributed by atoms with Crippen LogP contribution in [-0.4, -0.2) is 16.2 Å². The van der Waals surface area contributed by atoms with Gasteiger partial charge in [0, 0.05) is 6.20 Å². The summed E-state index contributed by atoms with van der Waals surface area (Å²) in [5.74, 6) is 0. The summed E-state index contributed by atoms with van der Waals surface area (Å²) in [6, 6.07) is 31.3. The molecule has 0 N–H and O–H groups in total. The third kappa shape index (κ3) is 4.14. The van der Waals surface area contributed by atoms with Crippen molar-refractivity contribution in [3.8, 4) is 0 Å². The Bertz CT molecular complexity index is 947. The first-order valence-corrected chi connectivity index (χ1v) is 9.31. The molecule has 0 saturated carbocycles. The summed E-state index contributed by atoms with van der Waals surface area (Å²) in [6.45, 7) is -0.256. The largest absolute Gasteiger partial charge is 1.00 e. The molecule has 3 aromatic carbocycles. The molecule has 0 radical (unpaired) electrons. The van der Waals surface area contributed by atoms with E-state index in [0.717, 1.165) is 22.4 Å². The number of aromatic nitrogens is 2. The van der Waals surface area contributed by atoms with Crippen molar-refractivity contribution in [2.45, 2.75) is 5.54 Å². The Morgan fingerprint density at radius 2 is 1.21 bits per heavy atom. The predicted molar refractivity (Wildman–Crippen MR) is 111 cm³/mol. The second kappa shape index (κ2) is 9.86. The standard InChI is InChI=1S/C25H21N2O.Na/c28-18-10-17-24-19-27(20-26-24)25(21-11-4-1-5-12-21,22-13-6-2-7-14-22)23-15-8-3-9-16-23;/h1-17,19-20H,18H2;/q-1;+1. The van der Waals surface area contributed by atoms with Crippen molar-refractivity contribution in [3.63, 3.8) is 0 Å². The first-order chi connectivity index (χ1) is 13.9. The molecule has 4 rings (SSSR count). The SMILES string of the molecule is [Na+].[O-]CC=Cc1cn(C(c2ccccc2)(c2ccccc2)c2ccccc2)cn1. The van der Waals surface area contributed by atoms with Crippen molar-refractivity contribution in [2.75, 3.05) is 6.61 Å². The van der Waals surface area contributed by atoms with Crippen LogP contribution in [0.4, 0.5) is 0 Å². The Kier molecular flexibility index (Phi) is 7.24. The number of hydrogen-bond acceptors (Lipinski definition) is 2. The van der Waals surface area contributed by atoms with E-state index in [1.165, 1.54) is 0 Å². The van der Waals surface area contributed by atoms with E-state index in [4.69, 9.17) is 0 Å². The van der Waals surface area contributed by atoms with E-state index < -0.39 is 5.54 Å². The average molecular weight is 388 g/mol. The zero-order valence-electron chi connectivity index (χ0n) is 16.5. The molecular formula is C25H21N2NaO. The van der Waals surface area contributed by atoms with E-state index in [9.17, 15) is 5.11 Å². The molecule has 4 aromatic rings. The minimum absolute atomic E-state index is 0. The summed E-state index contributed by atoms with van der Waals surface area (Å²) in [6.07, 6.45) is 7.20. The van der Waals surface area contributed by atoms with Crippen LogP contribution in [0.2, 0.25) is 0 Å². The average Bonchev–Trinajstić information content (AvgIpc) is 3.24. The fraction of sp³-hybridized carbons (Fsp3) is 0.0800. The first-order valence-electron chi connectivity index (χ1n) is 9.31. The maximum Gasteiger partial charge on any atom is 1.00 e. The summed E-state index contributed by atoms with van der Waals surface area (Å²) in [5.41, 5.74) is 3.63. The predicted octanol–water partition coefficient (Wildman–Crippen LogP) is 1.10. The Morgan fingerprint density at radius 3 is 1.62 bits per heavy atom. The zero-order chi connectivity index (χ0) is 19.2. The van der Waals surface area contributed by atoms with Gasteiger partial charge in [-0.15, -0.1) is 6.61 Å². The van der Waals surface area contributed by atoms with Crippen LogP contribution in [0.25, 0.3) is 6.08 Å². The molecule has 0 unspecified atom stereocenters. The summed E-state index contributed by atoms with van der Waals surface area (Å²) in [5, 5.41) is 10.8. The maximum atomic E-state index is 10.8. The van der Waals surface area contributed by atoms with Gasteiger partial charge in [0.2, 0.25) is 0 Å². The van der Waals surface area contributed by atoms with Gasteiger partial charge < -0.3 is 9.67 Å². The van der Waals surface area contributed by atoms with E-state index in [1.807, 2.05) is 30.7 Å². The van der Waals surface area contributed by atoms with E-state index in [-0.39, 0.29) is 36.2 Å². The van der Waals surface area contributed by atoms with Gasteiger partial charge in [-0.3, -0.25) is 0 Å². The molecule has 1 heterocycles. The van der Waals surface area contributed by atoms with Gasteiger partial charge in [-0.05, 0) is 22.8 Å². The number of benzene rings is 3. The van der Waals surface area contributed by atoms with Crippen LogP contribution in [0, 0.1) is 0 Å². The third-order valence-electron chi connectivity index (χ3n) is 4.95. The molecule has 0 spiro atoms. The molecule has 0 saturated heterocycles. The molecule has 1 aromatic heterocycles. The van der Waals surface area contributed by atoms with Gasteiger partial charge >= 0.3 is 29.6 Å². The van der Waals surface area contributed by atoms with Gasteiger partial charge in [0.05, 0.1) is 12.0 Å². The van der Waals surface area contributed by atoms with Crippen molar-refractivity contribution >= 4 is 6.08 Å². The minimum Gasteiger partial charge on any atom is -0.851 e. The van der Waals surface area contributed by atoms with Crippen LogP contribution in [0.1, 0.15) is 22.4 Å². The van der Waals surface area contributed by atoms with Crippen LogP contribution < -0.4 is 34.7 Å². The summed E-state index contributed by atoms with van der Waals surface area (Å²) in [4.78, 5) is 4.53. The van der Waals surface area contributed by atoms with Gasteiger partial charge in [0.15, 0.2) is 0 Å². The van der Waals surface area contributed by atoms with Crippen molar-refractivity contribution in [3.05, 3.63) is 132 Å². The number of nitrogens with zero attached hydrogens (tertiary/aromatic N) is 2. The van der Waals surface area contributed by atoms with Crippen LogP contribution in [-0.2, 0) is 5.54 Å². The van der Waals surface area contributed by atoms with Crippen molar-refractivity contribution in [2.24, 2.45) is 0 Å². The second-order valence-corrected chi connectivity index (χ2v) is 6.58. The third-order valence-corrected chi connectivity index (χ3v) is 4.95. The van der Waals surface area contributed by atoms with E-state index >= 15 is 0 Å². The fourth-order valence-electron chi connectivity index (χ4n) is 3.76. The normalized spacial score (nSPS) is 11.3. The van der Waals surface area contributed by atoms with Crippen LogP contribution in [0.3, 0.4) is 0 Å². The fourth-order valence-corrected chi connectivity index (χ4v) is 3.76. The Morgan fingerprint density at radius 1 is 0.759 bits per heavy atom. The van der Waals surface area contributed by atoms with Crippen LogP contribution >= 0.6 is 0 Å². The van der Waals surface area contributed by atoms with Crippen molar-refractivity contribution in [1.29, 1.82) is 0 Å². The summed E-state index contributed by atoms with van der Waals surface area (Å²) >= 11 is 0. The Balaban J connectivity index is 0.00000240. The molecule has 29 heavy (non-hydrogen) atoms. The molecule has 0 aliphatic rings. The van der Waals surface area contributed by atoms with Gasteiger partial charge in [0.25, 0.3) is 0 Å². The first kappa shape index (κ1) is 21.3. The van der Waals surface area contributed by atoms with Gasteiger partial charge in [0.1, 0.15) is 5.54 Å². The number of hydrogen-bond donors (Lipinski definition) is 0. The monoisotopic (exact) mass is 388 g/mol. The Labute approximate surface area is 193 Å². The van der Waals surface area contributed by atoms with E-state index in [1.54, 1.807) is 12.2 Å². The number of rotatable bonds is 6. The molecule has 0 aliphatic carbocycles. The number of imidazole rings is 1. The van der Waals surface area contributed by atoms with Gasteiger partial charge in [-0.2, -0.15) is 0 Å². The molecule has 0 atom stereocenters. The second-order valence-electron chi connectivity index (χ2n) is 6.58. The Hall–Kier alpha value is -2.43. The van der Waals surface area contributed by atoms with Crippen molar-refractivity contribution < 1.29 is 34.7 Å². The van der Waals surface area contributed by atoms with E-state index in [0.29, 0.717) is 0 Å².